The van der Waals surface area contributed by atoms with E-state index in [4.69, 9.17) is 4.74 Å². The summed E-state index contributed by atoms with van der Waals surface area (Å²) in [6.45, 7) is 8.04. The monoisotopic (exact) mass is 261 g/mol. The van der Waals surface area contributed by atoms with Crippen LogP contribution in [0.5, 0.6) is 5.75 Å². The molecule has 106 valence electrons. The highest BCUT2D eigenvalue weighted by Gasteiger charge is 2.21. The fraction of sp³-hybridized carbons (Fsp3) is 0.647. The summed E-state index contributed by atoms with van der Waals surface area (Å²) in [6, 6.07) is 7.32. The summed E-state index contributed by atoms with van der Waals surface area (Å²) in [7, 11) is 1.77. The Kier molecular flexibility index (Phi) is 4.51. The van der Waals surface area contributed by atoms with Gasteiger partial charge in [0.15, 0.2) is 0 Å². The summed E-state index contributed by atoms with van der Waals surface area (Å²) in [6.07, 6.45) is 4.81. The van der Waals surface area contributed by atoms with Crippen molar-refractivity contribution in [2.45, 2.75) is 57.9 Å². The largest absolute Gasteiger partial charge is 0.496 e. The fourth-order valence-corrected chi connectivity index (χ4v) is 2.76. The minimum Gasteiger partial charge on any atom is -0.496 e. The minimum absolute atomic E-state index is 0.240. The molecule has 0 amide bonds. The molecule has 0 spiro atoms. The van der Waals surface area contributed by atoms with Crippen LogP contribution in [0.15, 0.2) is 18.2 Å². The second-order valence-electron chi connectivity index (χ2n) is 6.26. The van der Waals surface area contributed by atoms with Gasteiger partial charge in [0.25, 0.3) is 0 Å². The zero-order valence-electron chi connectivity index (χ0n) is 12.8. The van der Waals surface area contributed by atoms with Gasteiger partial charge in [0.1, 0.15) is 5.75 Å². The van der Waals surface area contributed by atoms with Gasteiger partial charge in [-0.05, 0) is 54.8 Å². The van der Waals surface area contributed by atoms with Crippen molar-refractivity contribution in [3.05, 3.63) is 29.3 Å². The lowest BCUT2D eigenvalue weighted by Crippen LogP contribution is -2.24. The molecule has 1 aliphatic heterocycles. The summed E-state index contributed by atoms with van der Waals surface area (Å²) < 4.78 is 5.53. The summed E-state index contributed by atoms with van der Waals surface area (Å²) in [5.41, 5.74) is 3.01. The fourth-order valence-electron chi connectivity index (χ4n) is 2.76. The molecule has 2 rings (SSSR count). The molecule has 1 fully saturated rings. The van der Waals surface area contributed by atoms with E-state index < -0.39 is 0 Å². The Hall–Kier alpha value is -1.02. The van der Waals surface area contributed by atoms with Gasteiger partial charge in [0.05, 0.1) is 7.11 Å². The molecule has 1 aromatic carbocycles. The van der Waals surface area contributed by atoms with E-state index in [-0.39, 0.29) is 5.41 Å². The zero-order chi connectivity index (χ0) is 13.9. The first-order valence-corrected chi connectivity index (χ1v) is 7.47. The molecule has 0 aliphatic carbocycles. The molecular formula is C17H27NO. The summed E-state index contributed by atoms with van der Waals surface area (Å²) >= 11 is 0. The Balaban J connectivity index is 2.25. The van der Waals surface area contributed by atoms with Crippen molar-refractivity contribution >= 4 is 0 Å². The third-order valence-electron chi connectivity index (χ3n) is 4.57. The first-order valence-electron chi connectivity index (χ1n) is 7.47. The maximum atomic E-state index is 5.53. The first kappa shape index (κ1) is 14.4. The molecule has 1 N–H and O–H groups in total. The second-order valence-corrected chi connectivity index (χ2v) is 6.26. The lowest BCUT2D eigenvalue weighted by atomic mass is 9.81. The highest BCUT2D eigenvalue weighted by atomic mass is 16.5. The number of ether oxygens (including phenoxy) is 1. The Morgan fingerprint density at radius 3 is 2.74 bits per heavy atom. The van der Waals surface area contributed by atoms with E-state index in [0.717, 1.165) is 25.1 Å². The van der Waals surface area contributed by atoms with Crippen molar-refractivity contribution < 1.29 is 4.74 Å². The lowest BCUT2D eigenvalue weighted by molar-refractivity contribution is 0.405. The smallest absolute Gasteiger partial charge is 0.122 e. The molecule has 1 unspecified atom stereocenters. The van der Waals surface area contributed by atoms with Crippen molar-refractivity contribution in [3.63, 3.8) is 0 Å². The highest BCUT2D eigenvalue weighted by Crippen LogP contribution is 2.31. The molecule has 1 atom stereocenters. The Bertz CT molecular complexity index is 419. The van der Waals surface area contributed by atoms with Crippen LogP contribution >= 0.6 is 0 Å². The van der Waals surface area contributed by atoms with E-state index in [2.05, 4.69) is 44.3 Å². The SMILES string of the molecule is CCC(C)(C)c1ccc(OC)c(CC2CCCN2)c1. The van der Waals surface area contributed by atoms with E-state index in [9.17, 15) is 0 Å². The number of hydrogen-bond donors (Lipinski definition) is 1. The third-order valence-corrected chi connectivity index (χ3v) is 4.57. The standard InChI is InChI=1S/C17H27NO/c1-5-17(2,3)14-8-9-16(19-4)13(11-14)12-15-7-6-10-18-15/h8-9,11,15,18H,5-7,10,12H2,1-4H3. The Morgan fingerprint density at radius 1 is 1.37 bits per heavy atom. The van der Waals surface area contributed by atoms with Gasteiger partial charge in [-0.1, -0.05) is 32.9 Å². The van der Waals surface area contributed by atoms with Crippen LogP contribution in [0, 0.1) is 0 Å². The predicted octanol–water partition coefficient (Wildman–Crippen LogP) is 3.68. The van der Waals surface area contributed by atoms with Gasteiger partial charge in [0, 0.05) is 6.04 Å². The van der Waals surface area contributed by atoms with Crippen molar-refractivity contribution in [3.8, 4) is 5.75 Å². The highest BCUT2D eigenvalue weighted by molar-refractivity contribution is 5.40. The molecule has 0 radical (unpaired) electrons. The van der Waals surface area contributed by atoms with Crippen LogP contribution in [0.4, 0.5) is 0 Å². The topological polar surface area (TPSA) is 21.3 Å². The number of rotatable bonds is 5. The van der Waals surface area contributed by atoms with Crippen LogP contribution in [0.2, 0.25) is 0 Å². The van der Waals surface area contributed by atoms with Gasteiger partial charge < -0.3 is 10.1 Å². The molecule has 19 heavy (non-hydrogen) atoms. The van der Waals surface area contributed by atoms with E-state index in [1.54, 1.807) is 7.11 Å². The molecular weight excluding hydrogens is 234 g/mol. The van der Waals surface area contributed by atoms with Crippen LogP contribution in [0.25, 0.3) is 0 Å². The van der Waals surface area contributed by atoms with Crippen LogP contribution in [-0.4, -0.2) is 19.7 Å². The molecule has 2 nitrogen and oxygen atoms in total. The molecule has 0 saturated carbocycles. The average molecular weight is 261 g/mol. The maximum Gasteiger partial charge on any atom is 0.122 e. The molecule has 0 bridgehead atoms. The number of methoxy groups -OCH3 is 1. The van der Waals surface area contributed by atoms with Gasteiger partial charge in [0.2, 0.25) is 0 Å². The molecule has 0 aromatic heterocycles. The van der Waals surface area contributed by atoms with Crippen molar-refractivity contribution in [2.75, 3.05) is 13.7 Å². The van der Waals surface area contributed by atoms with Gasteiger partial charge >= 0.3 is 0 Å². The molecule has 1 saturated heterocycles. The molecule has 1 aliphatic rings. The van der Waals surface area contributed by atoms with E-state index >= 15 is 0 Å². The summed E-state index contributed by atoms with van der Waals surface area (Å²) in [5, 5.41) is 3.57. The van der Waals surface area contributed by atoms with Crippen LogP contribution in [-0.2, 0) is 11.8 Å². The van der Waals surface area contributed by atoms with E-state index in [0.29, 0.717) is 6.04 Å². The summed E-state index contributed by atoms with van der Waals surface area (Å²) in [5.74, 6) is 1.03. The maximum absolute atomic E-state index is 5.53. The molecule has 2 heteroatoms. The lowest BCUT2D eigenvalue weighted by Gasteiger charge is -2.25. The van der Waals surface area contributed by atoms with Gasteiger partial charge in [-0.2, -0.15) is 0 Å². The van der Waals surface area contributed by atoms with E-state index in [1.165, 1.54) is 24.0 Å². The van der Waals surface area contributed by atoms with Gasteiger partial charge in [-0.15, -0.1) is 0 Å². The summed E-state index contributed by atoms with van der Waals surface area (Å²) in [4.78, 5) is 0. The molecule has 1 aromatic rings. The van der Waals surface area contributed by atoms with Gasteiger partial charge in [-0.3, -0.25) is 0 Å². The normalized spacial score (nSPS) is 19.7. The Morgan fingerprint density at radius 2 is 2.16 bits per heavy atom. The third kappa shape index (κ3) is 3.30. The quantitative estimate of drug-likeness (QED) is 0.873. The zero-order valence-corrected chi connectivity index (χ0v) is 12.8. The van der Waals surface area contributed by atoms with E-state index in [1.807, 2.05) is 0 Å². The van der Waals surface area contributed by atoms with Crippen molar-refractivity contribution in [1.29, 1.82) is 0 Å². The van der Waals surface area contributed by atoms with Crippen molar-refractivity contribution in [2.24, 2.45) is 0 Å². The Labute approximate surface area is 117 Å². The number of benzene rings is 1. The number of nitrogens with one attached hydrogen (secondary N) is 1. The van der Waals surface area contributed by atoms with Gasteiger partial charge in [-0.25, -0.2) is 0 Å². The van der Waals surface area contributed by atoms with Crippen LogP contribution < -0.4 is 10.1 Å². The molecule has 1 heterocycles. The van der Waals surface area contributed by atoms with Crippen molar-refractivity contribution in [1.82, 2.24) is 5.32 Å². The second kappa shape index (κ2) is 5.96. The average Bonchev–Trinajstić information content (AvgIpc) is 2.91. The number of hydrogen-bond acceptors (Lipinski definition) is 2. The first-order chi connectivity index (χ1) is 9.06. The minimum atomic E-state index is 0.240. The van der Waals surface area contributed by atoms with Crippen LogP contribution in [0.3, 0.4) is 0 Å². The van der Waals surface area contributed by atoms with Crippen LogP contribution in [0.1, 0.15) is 51.2 Å². The predicted molar refractivity (Wildman–Crippen MR) is 81.0 cm³/mol.